The van der Waals surface area contributed by atoms with Crippen LogP contribution in [0.2, 0.25) is 0 Å². The molecule has 0 atom stereocenters. The van der Waals surface area contributed by atoms with Crippen molar-refractivity contribution in [1.82, 2.24) is 0 Å². The molecule has 0 saturated heterocycles. The van der Waals surface area contributed by atoms with Crippen LogP contribution in [0.5, 0.6) is 11.5 Å². The fourth-order valence-corrected chi connectivity index (χ4v) is 5.00. The minimum absolute atomic E-state index is 0.0980. The van der Waals surface area contributed by atoms with Gasteiger partial charge in [0.05, 0.1) is 0 Å². The highest BCUT2D eigenvalue weighted by atomic mass is 79.9. The molecule has 37 heavy (non-hydrogen) atoms. The van der Waals surface area contributed by atoms with Crippen molar-refractivity contribution >= 4 is 31.9 Å². The van der Waals surface area contributed by atoms with Gasteiger partial charge < -0.3 is 4.74 Å². The van der Waals surface area contributed by atoms with Gasteiger partial charge in [-0.2, -0.15) is 26.3 Å². The van der Waals surface area contributed by atoms with E-state index in [0.29, 0.717) is 11.1 Å². The minimum Gasteiger partial charge on any atom is -0.456 e. The van der Waals surface area contributed by atoms with Gasteiger partial charge in [-0.3, -0.25) is 0 Å². The molecular weight excluding hydrogens is 626 g/mol. The molecule has 0 fully saturated rings. The summed E-state index contributed by atoms with van der Waals surface area (Å²) >= 11 is 6.36. The summed E-state index contributed by atoms with van der Waals surface area (Å²) in [5, 5.41) is 0. The van der Waals surface area contributed by atoms with Crippen molar-refractivity contribution in [2.45, 2.75) is 25.2 Å². The summed E-state index contributed by atoms with van der Waals surface area (Å²) in [4.78, 5) is 0. The molecule has 0 aliphatic carbocycles. The second kappa shape index (κ2) is 10.9. The summed E-state index contributed by atoms with van der Waals surface area (Å²) in [6.07, 6.45) is -9.97. The molecular formula is C28H18Br2F6O. The first-order valence-corrected chi connectivity index (χ1v) is 12.6. The molecule has 4 aromatic carbocycles. The van der Waals surface area contributed by atoms with Crippen LogP contribution >= 0.6 is 31.9 Å². The lowest BCUT2D eigenvalue weighted by Gasteiger charge is -2.22. The van der Waals surface area contributed by atoms with E-state index in [1.165, 1.54) is 12.1 Å². The van der Waals surface area contributed by atoms with Crippen LogP contribution in [0.15, 0.2) is 93.9 Å². The highest BCUT2D eigenvalue weighted by Crippen LogP contribution is 2.47. The highest BCUT2D eigenvalue weighted by Gasteiger charge is 2.41. The van der Waals surface area contributed by atoms with E-state index < -0.39 is 35.0 Å². The Kier molecular flexibility index (Phi) is 8.04. The molecule has 0 bridgehead atoms. The molecule has 0 aliphatic heterocycles. The average molecular weight is 644 g/mol. The first kappa shape index (κ1) is 27.3. The van der Waals surface area contributed by atoms with E-state index in [0.717, 1.165) is 12.1 Å². The van der Waals surface area contributed by atoms with Crippen LogP contribution < -0.4 is 4.74 Å². The van der Waals surface area contributed by atoms with Gasteiger partial charge in [0.15, 0.2) is 0 Å². The smallest absolute Gasteiger partial charge is 0.420 e. The summed E-state index contributed by atoms with van der Waals surface area (Å²) in [5.41, 5.74) is -1.32. The standard InChI is InChI=1S/C28H18Br2F6O/c29-21-11-13-23(25(27(31,32)33)19(21)15-17-7-3-1-4-8-17)37-24-14-12-22(30)20(26(24)28(34,35)36)16-18-9-5-2-6-10-18/h1-14H,15-16H2. The van der Waals surface area contributed by atoms with Crippen molar-refractivity contribution in [3.8, 4) is 11.5 Å². The zero-order valence-electron chi connectivity index (χ0n) is 18.9. The Morgan fingerprint density at radius 2 is 0.865 bits per heavy atom. The normalized spacial score (nSPS) is 12.0. The zero-order valence-corrected chi connectivity index (χ0v) is 22.1. The first-order valence-electron chi connectivity index (χ1n) is 11.0. The molecule has 4 aromatic rings. The fraction of sp³-hybridized carbons (Fsp3) is 0.143. The van der Waals surface area contributed by atoms with E-state index >= 15 is 0 Å². The van der Waals surface area contributed by atoms with E-state index in [9.17, 15) is 26.3 Å². The maximum atomic E-state index is 14.3. The van der Waals surface area contributed by atoms with Gasteiger partial charge in [-0.1, -0.05) is 92.5 Å². The topological polar surface area (TPSA) is 9.23 Å². The molecule has 0 amide bonds. The first-order chi connectivity index (χ1) is 17.4. The lowest BCUT2D eigenvalue weighted by atomic mass is 9.97. The summed E-state index contributed by atoms with van der Waals surface area (Å²) in [7, 11) is 0. The summed E-state index contributed by atoms with van der Waals surface area (Å²) < 4.78 is 91.8. The van der Waals surface area contributed by atoms with E-state index in [-0.39, 0.29) is 32.9 Å². The Bertz CT molecular complexity index is 1280. The number of benzene rings is 4. The van der Waals surface area contributed by atoms with Gasteiger partial charge >= 0.3 is 12.4 Å². The van der Waals surface area contributed by atoms with Gasteiger partial charge in [0.2, 0.25) is 0 Å². The lowest BCUT2D eigenvalue weighted by Crippen LogP contribution is -2.15. The van der Waals surface area contributed by atoms with Gasteiger partial charge in [0, 0.05) is 8.95 Å². The van der Waals surface area contributed by atoms with Crippen LogP contribution in [-0.4, -0.2) is 0 Å². The Balaban J connectivity index is 1.86. The molecule has 1 nitrogen and oxygen atoms in total. The molecule has 0 spiro atoms. The van der Waals surface area contributed by atoms with E-state index in [1.807, 2.05) is 0 Å². The van der Waals surface area contributed by atoms with Gasteiger partial charge in [-0.25, -0.2) is 0 Å². The van der Waals surface area contributed by atoms with Gasteiger partial charge in [0.25, 0.3) is 0 Å². The summed E-state index contributed by atoms with van der Waals surface area (Å²) in [6, 6.07) is 21.7. The van der Waals surface area contributed by atoms with Gasteiger partial charge in [-0.15, -0.1) is 0 Å². The molecule has 9 heteroatoms. The van der Waals surface area contributed by atoms with Crippen LogP contribution in [0.25, 0.3) is 0 Å². The molecule has 0 aliphatic rings. The van der Waals surface area contributed by atoms with Gasteiger partial charge in [-0.05, 0) is 59.4 Å². The van der Waals surface area contributed by atoms with Crippen molar-refractivity contribution in [3.63, 3.8) is 0 Å². The molecule has 0 saturated carbocycles. The third kappa shape index (κ3) is 6.38. The molecule has 0 radical (unpaired) electrons. The maximum Gasteiger partial charge on any atom is 0.420 e. The van der Waals surface area contributed by atoms with Crippen LogP contribution in [0.1, 0.15) is 33.4 Å². The van der Waals surface area contributed by atoms with Gasteiger partial charge in [0.1, 0.15) is 22.6 Å². The van der Waals surface area contributed by atoms with Crippen LogP contribution in [0, 0.1) is 0 Å². The Labute approximate surface area is 226 Å². The van der Waals surface area contributed by atoms with Crippen molar-refractivity contribution in [2.24, 2.45) is 0 Å². The molecule has 0 unspecified atom stereocenters. The molecule has 0 heterocycles. The van der Waals surface area contributed by atoms with Crippen molar-refractivity contribution < 1.29 is 31.1 Å². The lowest BCUT2D eigenvalue weighted by molar-refractivity contribution is -0.140. The number of ether oxygens (including phenoxy) is 1. The predicted octanol–water partition coefficient (Wildman–Crippen LogP) is 10.2. The zero-order chi connectivity index (χ0) is 26.8. The molecule has 192 valence electrons. The second-order valence-corrected chi connectivity index (χ2v) is 9.93. The third-order valence-corrected chi connectivity index (χ3v) is 7.16. The molecule has 0 N–H and O–H groups in total. The quantitative estimate of drug-likeness (QED) is 0.190. The van der Waals surface area contributed by atoms with Crippen molar-refractivity contribution in [3.05, 3.63) is 127 Å². The molecule has 0 aromatic heterocycles. The number of halogens is 8. The second-order valence-electron chi connectivity index (χ2n) is 8.22. The number of hydrogen-bond donors (Lipinski definition) is 0. The summed E-state index contributed by atoms with van der Waals surface area (Å²) in [6.45, 7) is 0. The largest absolute Gasteiger partial charge is 0.456 e. The average Bonchev–Trinajstić information content (AvgIpc) is 2.83. The maximum absolute atomic E-state index is 14.3. The van der Waals surface area contributed by atoms with Crippen LogP contribution in [0.4, 0.5) is 26.3 Å². The Morgan fingerprint density at radius 3 is 1.19 bits per heavy atom. The third-order valence-electron chi connectivity index (χ3n) is 5.67. The fourth-order valence-electron chi connectivity index (χ4n) is 4.06. The van der Waals surface area contributed by atoms with E-state index in [4.69, 9.17) is 4.74 Å². The van der Waals surface area contributed by atoms with E-state index in [2.05, 4.69) is 31.9 Å². The van der Waals surface area contributed by atoms with Crippen molar-refractivity contribution in [1.29, 1.82) is 0 Å². The monoisotopic (exact) mass is 642 g/mol. The summed E-state index contributed by atoms with van der Waals surface area (Å²) in [5.74, 6) is -1.42. The van der Waals surface area contributed by atoms with Crippen molar-refractivity contribution in [2.75, 3.05) is 0 Å². The number of alkyl halides is 6. The predicted molar refractivity (Wildman–Crippen MR) is 137 cm³/mol. The number of rotatable bonds is 6. The van der Waals surface area contributed by atoms with E-state index in [1.54, 1.807) is 60.7 Å². The minimum atomic E-state index is -4.89. The Morgan fingerprint density at radius 1 is 0.514 bits per heavy atom. The Hall–Kier alpha value is -2.78. The SMILES string of the molecule is FC(F)(F)c1c(Oc2ccc(Br)c(Cc3ccccc3)c2C(F)(F)F)ccc(Br)c1Cc1ccccc1. The van der Waals surface area contributed by atoms with Crippen LogP contribution in [0.3, 0.4) is 0 Å². The molecule has 4 rings (SSSR count). The number of hydrogen-bond acceptors (Lipinski definition) is 1. The highest BCUT2D eigenvalue weighted by molar-refractivity contribution is 9.10. The van der Waals surface area contributed by atoms with Crippen LogP contribution in [-0.2, 0) is 25.2 Å².